The highest BCUT2D eigenvalue weighted by Gasteiger charge is 1.93. The van der Waals surface area contributed by atoms with Crippen molar-refractivity contribution in [2.45, 2.75) is 25.7 Å². The smallest absolute Gasteiger partial charge is 0.138 e. The molecule has 0 saturated carbocycles. The maximum Gasteiger partial charge on any atom is 0.138 e. The number of rotatable bonds is 5. The zero-order chi connectivity index (χ0) is 8.65. The van der Waals surface area contributed by atoms with E-state index >= 15 is 0 Å². The lowest BCUT2D eigenvalue weighted by molar-refractivity contribution is 0.670. The predicted molar refractivity (Wildman–Crippen MR) is 46.4 cm³/mol. The van der Waals surface area contributed by atoms with Gasteiger partial charge in [0.1, 0.15) is 6.33 Å². The Morgan fingerprint density at radius 2 is 2.17 bits per heavy atom. The average molecular weight is 166 g/mol. The number of nitrogens with two attached hydrogens (primary N) is 1. The molecule has 4 nitrogen and oxygen atoms in total. The monoisotopic (exact) mass is 166 g/mol. The molecule has 0 unspecified atom stereocenters. The normalized spacial score (nSPS) is 10.1. The van der Waals surface area contributed by atoms with Gasteiger partial charge in [0.15, 0.2) is 0 Å². The molecule has 0 fully saturated rings. The van der Waals surface area contributed by atoms with Crippen molar-refractivity contribution in [3.63, 3.8) is 0 Å². The highest BCUT2D eigenvalue weighted by molar-refractivity contribution is 4.90. The molecule has 0 atom stereocenters. The standard InChI is InChI=1S/C8H14N4/c9-5-3-1-2-4-8-6-10-7-11-12-8/h6-7H,1-5,9H2. The van der Waals surface area contributed by atoms with Crippen molar-refractivity contribution < 1.29 is 0 Å². The molecular weight excluding hydrogens is 152 g/mol. The van der Waals surface area contributed by atoms with Crippen molar-refractivity contribution in [3.05, 3.63) is 18.2 Å². The number of unbranched alkanes of at least 4 members (excludes halogenated alkanes) is 2. The molecule has 1 rings (SSSR count). The van der Waals surface area contributed by atoms with E-state index in [9.17, 15) is 0 Å². The van der Waals surface area contributed by atoms with Gasteiger partial charge in [0.2, 0.25) is 0 Å². The van der Waals surface area contributed by atoms with Crippen LogP contribution in [0.2, 0.25) is 0 Å². The summed E-state index contributed by atoms with van der Waals surface area (Å²) in [4.78, 5) is 3.89. The fraction of sp³-hybridized carbons (Fsp3) is 0.625. The van der Waals surface area contributed by atoms with E-state index in [-0.39, 0.29) is 0 Å². The Hall–Kier alpha value is -1.03. The lowest BCUT2D eigenvalue weighted by atomic mass is 10.1. The Kier molecular flexibility index (Phi) is 4.23. The third kappa shape index (κ3) is 3.39. The first-order chi connectivity index (χ1) is 5.93. The molecule has 0 aliphatic heterocycles. The minimum atomic E-state index is 0.777. The molecule has 0 spiro atoms. The highest BCUT2D eigenvalue weighted by Crippen LogP contribution is 2.00. The van der Waals surface area contributed by atoms with E-state index in [0.717, 1.165) is 37.9 Å². The van der Waals surface area contributed by atoms with Crippen LogP contribution in [0.15, 0.2) is 12.5 Å². The average Bonchev–Trinajstić information content (AvgIpc) is 2.14. The summed E-state index contributed by atoms with van der Waals surface area (Å²) >= 11 is 0. The molecular formula is C8H14N4. The van der Waals surface area contributed by atoms with E-state index < -0.39 is 0 Å². The van der Waals surface area contributed by atoms with E-state index in [4.69, 9.17) is 5.73 Å². The second kappa shape index (κ2) is 5.60. The summed E-state index contributed by atoms with van der Waals surface area (Å²) in [5.74, 6) is 0. The van der Waals surface area contributed by atoms with Gasteiger partial charge in [0, 0.05) is 0 Å². The van der Waals surface area contributed by atoms with Crippen molar-refractivity contribution in [1.82, 2.24) is 15.2 Å². The number of aryl methyl sites for hydroxylation is 1. The molecule has 66 valence electrons. The molecule has 1 aromatic rings. The maximum atomic E-state index is 5.37. The van der Waals surface area contributed by atoms with Crippen LogP contribution in [0.1, 0.15) is 25.0 Å². The van der Waals surface area contributed by atoms with E-state index in [2.05, 4.69) is 15.2 Å². The van der Waals surface area contributed by atoms with Crippen LogP contribution in [0.5, 0.6) is 0 Å². The summed E-state index contributed by atoms with van der Waals surface area (Å²) in [6.07, 6.45) is 7.54. The minimum absolute atomic E-state index is 0.777. The van der Waals surface area contributed by atoms with Gasteiger partial charge < -0.3 is 5.73 Å². The SMILES string of the molecule is NCCCCCc1cncnn1. The van der Waals surface area contributed by atoms with E-state index in [0.29, 0.717) is 0 Å². The lowest BCUT2D eigenvalue weighted by Gasteiger charge is -1.97. The van der Waals surface area contributed by atoms with E-state index in [1.54, 1.807) is 6.20 Å². The maximum absolute atomic E-state index is 5.37. The minimum Gasteiger partial charge on any atom is -0.330 e. The molecule has 0 radical (unpaired) electrons. The summed E-state index contributed by atoms with van der Waals surface area (Å²) in [5, 5.41) is 7.63. The van der Waals surface area contributed by atoms with Crippen LogP contribution < -0.4 is 5.73 Å². The second-order valence-corrected chi connectivity index (χ2v) is 2.70. The Bertz CT molecular complexity index is 199. The van der Waals surface area contributed by atoms with Gasteiger partial charge in [-0.15, -0.1) is 5.10 Å². The number of aromatic nitrogens is 3. The summed E-state index contributed by atoms with van der Waals surface area (Å²) in [6.45, 7) is 0.777. The topological polar surface area (TPSA) is 64.7 Å². The van der Waals surface area contributed by atoms with Crippen molar-refractivity contribution in [2.75, 3.05) is 6.54 Å². The fourth-order valence-electron chi connectivity index (χ4n) is 1.02. The van der Waals surface area contributed by atoms with Crippen LogP contribution in [0.4, 0.5) is 0 Å². The fourth-order valence-corrected chi connectivity index (χ4v) is 1.02. The Morgan fingerprint density at radius 1 is 1.25 bits per heavy atom. The number of hydrogen-bond acceptors (Lipinski definition) is 4. The van der Waals surface area contributed by atoms with Crippen LogP contribution in [-0.2, 0) is 6.42 Å². The third-order valence-corrected chi connectivity index (χ3v) is 1.67. The van der Waals surface area contributed by atoms with Gasteiger partial charge in [-0.1, -0.05) is 6.42 Å². The summed E-state index contributed by atoms with van der Waals surface area (Å²) < 4.78 is 0. The summed E-state index contributed by atoms with van der Waals surface area (Å²) in [5.41, 5.74) is 6.33. The van der Waals surface area contributed by atoms with Crippen molar-refractivity contribution in [3.8, 4) is 0 Å². The van der Waals surface area contributed by atoms with E-state index in [1.807, 2.05) is 0 Å². The van der Waals surface area contributed by atoms with Crippen LogP contribution in [0, 0.1) is 0 Å². The van der Waals surface area contributed by atoms with Crippen LogP contribution >= 0.6 is 0 Å². The zero-order valence-electron chi connectivity index (χ0n) is 7.11. The molecule has 0 saturated heterocycles. The van der Waals surface area contributed by atoms with Crippen molar-refractivity contribution in [2.24, 2.45) is 5.73 Å². The van der Waals surface area contributed by atoms with E-state index in [1.165, 1.54) is 6.33 Å². The summed E-state index contributed by atoms with van der Waals surface area (Å²) in [7, 11) is 0. The zero-order valence-corrected chi connectivity index (χ0v) is 7.11. The molecule has 0 aliphatic rings. The third-order valence-electron chi connectivity index (χ3n) is 1.67. The molecule has 0 amide bonds. The molecule has 1 aromatic heterocycles. The second-order valence-electron chi connectivity index (χ2n) is 2.70. The quantitative estimate of drug-likeness (QED) is 0.648. The van der Waals surface area contributed by atoms with Gasteiger partial charge >= 0.3 is 0 Å². The van der Waals surface area contributed by atoms with Crippen LogP contribution in [-0.4, -0.2) is 21.7 Å². The van der Waals surface area contributed by atoms with Gasteiger partial charge in [0.05, 0.1) is 11.9 Å². The summed E-state index contributed by atoms with van der Waals surface area (Å²) in [6, 6.07) is 0. The lowest BCUT2D eigenvalue weighted by Crippen LogP contribution is -1.99. The van der Waals surface area contributed by atoms with Gasteiger partial charge in [-0.05, 0) is 25.8 Å². The molecule has 12 heavy (non-hydrogen) atoms. The number of nitrogens with zero attached hydrogens (tertiary/aromatic N) is 3. The largest absolute Gasteiger partial charge is 0.330 e. The molecule has 0 bridgehead atoms. The van der Waals surface area contributed by atoms with Gasteiger partial charge in [-0.25, -0.2) is 4.98 Å². The van der Waals surface area contributed by atoms with Gasteiger partial charge in [0.25, 0.3) is 0 Å². The highest BCUT2D eigenvalue weighted by atomic mass is 15.1. The van der Waals surface area contributed by atoms with Crippen LogP contribution in [0.3, 0.4) is 0 Å². The Morgan fingerprint density at radius 3 is 2.83 bits per heavy atom. The first-order valence-corrected chi connectivity index (χ1v) is 4.25. The Balaban J connectivity index is 2.16. The number of hydrogen-bond donors (Lipinski definition) is 1. The molecule has 4 heteroatoms. The first kappa shape index (κ1) is 9.06. The van der Waals surface area contributed by atoms with Crippen molar-refractivity contribution in [1.29, 1.82) is 0 Å². The molecule has 2 N–H and O–H groups in total. The molecule has 1 heterocycles. The first-order valence-electron chi connectivity index (χ1n) is 4.25. The van der Waals surface area contributed by atoms with Crippen LogP contribution in [0.25, 0.3) is 0 Å². The predicted octanol–water partition coefficient (Wildman–Crippen LogP) is 0.543. The van der Waals surface area contributed by atoms with Gasteiger partial charge in [-0.2, -0.15) is 5.10 Å². The molecule has 0 aliphatic carbocycles. The van der Waals surface area contributed by atoms with Crippen molar-refractivity contribution >= 4 is 0 Å². The van der Waals surface area contributed by atoms with Gasteiger partial charge in [-0.3, -0.25) is 0 Å². The molecule has 0 aromatic carbocycles. The Labute approximate surface area is 72.2 Å².